The first-order valence-corrected chi connectivity index (χ1v) is 6.10. The molecule has 88 valence electrons. The largest absolute Gasteiger partial charge is 0.495 e. The molecule has 0 saturated carbocycles. The third-order valence-corrected chi connectivity index (χ3v) is 4.06. The van der Waals surface area contributed by atoms with Gasteiger partial charge in [-0.1, -0.05) is 11.6 Å². The molecular formula is C11H13ClO3S. The van der Waals surface area contributed by atoms with Crippen LogP contribution in [-0.4, -0.2) is 36.8 Å². The van der Waals surface area contributed by atoms with Gasteiger partial charge in [0.15, 0.2) is 0 Å². The molecule has 1 aliphatic heterocycles. The fourth-order valence-corrected chi connectivity index (χ4v) is 2.96. The van der Waals surface area contributed by atoms with Gasteiger partial charge in [-0.3, -0.25) is 0 Å². The number of hydrogen-bond acceptors (Lipinski definition) is 4. The van der Waals surface area contributed by atoms with E-state index >= 15 is 0 Å². The van der Waals surface area contributed by atoms with Gasteiger partial charge in [0.05, 0.1) is 36.7 Å². The van der Waals surface area contributed by atoms with E-state index in [4.69, 9.17) is 21.1 Å². The molecule has 1 aromatic rings. The number of hydrogen-bond donors (Lipinski definition) is 1. The van der Waals surface area contributed by atoms with Gasteiger partial charge in [-0.05, 0) is 18.2 Å². The number of ether oxygens (including phenoxy) is 2. The summed E-state index contributed by atoms with van der Waals surface area (Å²) >= 11 is 7.63. The molecule has 0 aliphatic carbocycles. The van der Waals surface area contributed by atoms with E-state index in [-0.39, 0.29) is 11.4 Å². The van der Waals surface area contributed by atoms with Gasteiger partial charge in [-0.25, -0.2) is 0 Å². The van der Waals surface area contributed by atoms with Crippen molar-refractivity contribution in [3.8, 4) is 5.75 Å². The maximum atomic E-state index is 9.31. The first kappa shape index (κ1) is 12.0. The molecule has 2 rings (SSSR count). The summed E-state index contributed by atoms with van der Waals surface area (Å²) in [5.74, 6) is 0.661. The van der Waals surface area contributed by atoms with Crippen LogP contribution in [0.5, 0.6) is 5.75 Å². The summed E-state index contributed by atoms with van der Waals surface area (Å²) in [4.78, 5) is 1.02. The lowest BCUT2D eigenvalue weighted by Gasteiger charge is -2.39. The van der Waals surface area contributed by atoms with E-state index in [1.165, 1.54) is 0 Å². The Morgan fingerprint density at radius 3 is 2.75 bits per heavy atom. The van der Waals surface area contributed by atoms with E-state index in [2.05, 4.69) is 0 Å². The van der Waals surface area contributed by atoms with Gasteiger partial charge in [0.2, 0.25) is 0 Å². The first-order valence-electron chi connectivity index (χ1n) is 4.90. The zero-order valence-corrected chi connectivity index (χ0v) is 10.5. The second kappa shape index (κ2) is 4.84. The van der Waals surface area contributed by atoms with Crippen molar-refractivity contribution in [1.29, 1.82) is 0 Å². The lowest BCUT2D eigenvalue weighted by Crippen LogP contribution is -2.49. The molecular weight excluding hydrogens is 248 g/mol. The van der Waals surface area contributed by atoms with Crippen molar-refractivity contribution in [3.05, 3.63) is 23.2 Å². The quantitative estimate of drug-likeness (QED) is 0.901. The Hall–Kier alpha value is -0.420. The zero-order chi connectivity index (χ0) is 11.6. The highest BCUT2D eigenvalue weighted by Gasteiger charge is 2.39. The van der Waals surface area contributed by atoms with Crippen LogP contribution in [0.3, 0.4) is 0 Å². The van der Waals surface area contributed by atoms with Crippen LogP contribution in [-0.2, 0) is 4.74 Å². The number of benzene rings is 1. The van der Waals surface area contributed by atoms with Crippen molar-refractivity contribution >= 4 is 23.4 Å². The van der Waals surface area contributed by atoms with Gasteiger partial charge in [0.25, 0.3) is 0 Å². The Kier molecular flexibility index (Phi) is 3.64. The summed E-state index contributed by atoms with van der Waals surface area (Å²) in [7, 11) is 1.59. The number of halogens is 1. The molecule has 1 fully saturated rings. The number of rotatable bonds is 4. The number of thioether (sulfide) groups is 1. The molecule has 16 heavy (non-hydrogen) atoms. The van der Waals surface area contributed by atoms with E-state index in [0.29, 0.717) is 24.0 Å². The van der Waals surface area contributed by atoms with Crippen LogP contribution in [0, 0.1) is 0 Å². The van der Waals surface area contributed by atoms with Crippen LogP contribution in [0.1, 0.15) is 0 Å². The third-order valence-electron chi connectivity index (χ3n) is 2.48. The summed E-state index contributed by atoms with van der Waals surface area (Å²) in [6.45, 7) is 1.27. The van der Waals surface area contributed by atoms with Crippen molar-refractivity contribution in [2.45, 2.75) is 9.64 Å². The molecule has 3 nitrogen and oxygen atoms in total. The van der Waals surface area contributed by atoms with Crippen molar-refractivity contribution in [2.75, 3.05) is 26.9 Å². The van der Waals surface area contributed by atoms with Gasteiger partial charge in [0, 0.05) is 4.90 Å². The molecule has 1 N–H and O–H groups in total. The van der Waals surface area contributed by atoms with Crippen LogP contribution in [0.4, 0.5) is 0 Å². The topological polar surface area (TPSA) is 38.7 Å². The minimum Gasteiger partial charge on any atom is -0.495 e. The molecule has 1 aromatic carbocycles. The second-order valence-electron chi connectivity index (χ2n) is 3.73. The predicted molar refractivity (Wildman–Crippen MR) is 64.5 cm³/mol. The van der Waals surface area contributed by atoms with E-state index in [1.807, 2.05) is 18.2 Å². The average molecular weight is 261 g/mol. The molecule has 0 spiro atoms. The fraction of sp³-hybridized carbons (Fsp3) is 0.455. The molecule has 1 heterocycles. The minimum atomic E-state index is -0.197. The van der Waals surface area contributed by atoms with Crippen molar-refractivity contribution in [1.82, 2.24) is 0 Å². The van der Waals surface area contributed by atoms with Crippen molar-refractivity contribution < 1.29 is 14.6 Å². The van der Waals surface area contributed by atoms with Crippen LogP contribution in [0.25, 0.3) is 0 Å². The summed E-state index contributed by atoms with van der Waals surface area (Å²) in [6, 6.07) is 5.61. The molecule has 1 saturated heterocycles. The highest BCUT2D eigenvalue weighted by molar-refractivity contribution is 8.00. The number of aliphatic hydroxyl groups excluding tert-OH is 1. The fourth-order valence-electron chi connectivity index (χ4n) is 1.47. The maximum Gasteiger partial charge on any atom is 0.137 e. The number of aliphatic hydroxyl groups is 1. The summed E-state index contributed by atoms with van der Waals surface area (Å²) in [6.07, 6.45) is 0. The maximum absolute atomic E-state index is 9.31. The predicted octanol–water partition coefficient (Wildman–Crippen LogP) is 2.20. The normalized spacial score (nSPS) is 17.9. The van der Waals surface area contributed by atoms with Gasteiger partial charge < -0.3 is 14.6 Å². The molecule has 5 heteroatoms. The highest BCUT2D eigenvalue weighted by atomic mass is 35.5. The van der Waals surface area contributed by atoms with Crippen LogP contribution in [0.15, 0.2) is 23.1 Å². The summed E-state index contributed by atoms with van der Waals surface area (Å²) < 4.78 is 10.0. The summed E-state index contributed by atoms with van der Waals surface area (Å²) in [5.41, 5.74) is 0. The Balaban J connectivity index is 2.13. The van der Waals surface area contributed by atoms with E-state index in [1.54, 1.807) is 18.9 Å². The smallest absolute Gasteiger partial charge is 0.137 e. The van der Waals surface area contributed by atoms with Crippen molar-refractivity contribution in [2.24, 2.45) is 0 Å². The van der Waals surface area contributed by atoms with Gasteiger partial charge in [-0.15, -0.1) is 11.8 Å². The molecule has 1 aliphatic rings. The molecule has 0 amide bonds. The monoisotopic (exact) mass is 260 g/mol. The van der Waals surface area contributed by atoms with Crippen LogP contribution < -0.4 is 4.74 Å². The molecule has 0 bridgehead atoms. The minimum absolute atomic E-state index is 0.112. The SMILES string of the molecule is COc1ccc(SC2(CO)COC2)cc1Cl. The Morgan fingerprint density at radius 1 is 1.56 bits per heavy atom. The lowest BCUT2D eigenvalue weighted by atomic mass is 10.1. The van der Waals surface area contributed by atoms with Gasteiger partial charge in [0.1, 0.15) is 5.75 Å². The molecule has 0 radical (unpaired) electrons. The molecule has 0 unspecified atom stereocenters. The second-order valence-corrected chi connectivity index (χ2v) is 5.68. The highest BCUT2D eigenvalue weighted by Crippen LogP contribution is 2.40. The van der Waals surface area contributed by atoms with Crippen LogP contribution in [0.2, 0.25) is 5.02 Å². The molecule has 0 aromatic heterocycles. The van der Waals surface area contributed by atoms with Gasteiger partial charge >= 0.3 is 0 Å². The van der Waals surface area contributed by atoms with E-state index in [0.717, 1.165) is 4.90 Å². The van der Waals surface area contributed by atoms with Crippen molar-refractivity contribution in [3.63, 3.8) is 0 Å². The zero-order valence-electron chi connectivity index (χ0n) is 8.90. The van der Waals surface area contributed by atoms with E-state index < -0.39 is 0 Å². The lowest BCUT2D eigenvalue weighted by molar-refractivity contribution is -0.0318. The Labute approximate surface area is 104 Å². The Morgan fingerprint density at radius 2 is 2.31 bits per heavy atom. The van der Waals surface area contributed by atoms with Gasteiger partial charge in [-0.2, -0.15) is 0 Å². The average Bonchev–Trinajstić information content (AvgIpc) is 2.24. The molecule has 0 atom stereocenters. The standard InChI is InChI=1S/C11H13ClO3S/c1-14-10-3-2-8(4-9(10)12)16-11(5-13)6-15-7-11/h2-4,13H,5-7H2,1H3. The number of methoxy groups -OCH3 is 1. The van der Waals surface area contributed by atoms with Crippen LogP contribution >= 0.6 is 23.4 Å². The first-order chi connectivity index (χ1) is 7.69. The summed E-state index contributed by atoms with van der Waals surface area (Å²) in [5, 5.41) is 9.89. The Bertz CT molecular complexity index is 374. The van der Waals surface area contributed by atoms with E-state index in [9.17, 15) is 5.11 Å². The third kappa shape index (κ3) is 2.30.